The third-order valence-electron chi connectivity index (χ3n) is 5.06. The van der Waals surface area contributed by atoms with E-state index in [1.807, 2.05) is 0 Å². The average molecular weight is 252 g/mol. The van der Waals surface area contributed by atoms with Crippen LogP contribution in [0.5, 0.6) is 0 Å². The minimum absolute atomic E-state index is 0.111. The van der Waals surface area contributed by atoms with Crippen LogP contribution in [0.3, 0.4) is 0 Å². The zero-order valence-corrected chi connectivity index (χ0v) is 10.4. The molecule has 1 unspecified atom stereocenters. The summed E-state index contributed by atoms with van der Waals surface area (Å²) in [5.74, 6) is 1.89. The number of hydrogen-bond donors (Lipinski definition) is 2. The molecule has 0 aromatic carbocycles. The van der Waals surface area contributed by atoms with Crippen LogP contribution in [-0.2, 0) is 9.53 Å². The van der Waals surface area contributed by atoms with E-state index in [1.54, 1.807) is 0 Å². The molecule has 0 spiro atoms. The summed E-state index contributed by atoms with van der Waals surface area (Å²) in [6.45, 7) is 0. The number of ketones is 1. The molecule has 5 heteroatoms. The Morgan fingerprint density at radius 1 is 1.06 bits per heavy atom. The molecule has 4 saturated carbocycles. The lowest BCUT2D eigenvalue weighted by atomic mass is 9.48. The van der Waals surface area contributed by atoms with Gasteiger partial charge in [-0.1, -0.05) is 0 Å². The van der Waals surface area contributed by atoms with Crippen molar-refractivity contribution in [1.82, 2.24) is 0 Å². The molecule has 0 aromatic rings. The minimum atomic E-state index is -1.18. The maximum Gasteiger partial charge on any atom is 0.406 e. The molecule has 0 saturated heterocycles. The summed E-state index contributed by atoms with van der Waals surface area (Å²) in [7, 11) is 0. The van der Waals surface area contributed by atoms with E-state index in [4.69, 9.17) is 11.5 Å². The molecule has 4 bridgehead atoms. The number of rotatable bonds is 3. The fraction of sp³-hybridized carbons (Fsp3) is 0.846. The molecule has 4 rings (SSSR count). The van der Waals surface area contributed by atoms with E-state index in [0.29, 0.717) is 17.8 Å². The summed E-state index contributed by atoms with van der Waals surface area (Å²) in [4.78, 5) is 23.2. The summed E-state index contributed by atoms with van der Waals surface area (Å²) < 4.78 is 4.67. The van der Waals surface area contributed by atoms with E-state index < -0.39 is 12.3 Å². The van der Waals surface area contributed by atoms with E-state index in [9.17, 15) is 9.59 Å². The lowest BCUT2D eigenvalue weighted by molar-refractivity contribution is -0.152. The molecule has 4 N–H and O–H groups in total. The van der Waals surface area contributed by atoms with Gasteiger partial charge in [0.15, 0.2) is 5.78 Å². The second kappa shape index (κ2) is 3.95. The molecular formula is C13H20N2O3. The number of nitrogens with two attached hydrogens (primary N) is 2. The third kappa shape index (κ3) is 1.81. The van der Waals surface area contributed by atoms with Crippen molar-refractivity contribution in [2.45, 2.75) is 44.8 Å². The number of primary amides is 1. The first-order chi connectivity index (χ1) is 8.48. The standard InChI is InChI=1S/C13H20N2O3/c14-11(18-12(15)17)10(16)13-4-7-1-8(5-13)3-9(2-7)6-13/h7-9,11H,1-6,14H2,(H2,15,17). The number of amides is 1. The highest BCUT2D eigenvalue weighted by Gasteiger charge is 2.55. The molecule has 1 atom stereocenters. The molecule has 0 radical (unpaired) electrons. The molecule has 1 amide bonds. The summed E-state index contributed by atoms with van der Waals surface area (Å²) in [5, 5.41) is 0. The van der Waals surface area contributed by atoms with E-state index in [-0.39, 0.29) is 11.2 Å². The van der Waals surface area contributed by atoms with Crippen molar-refractivity contribution in [2.75, 3.05) is 0 Å². The molecule has 4 aliphatic carbocycles. The summed E-state index contributed by atoms with van der Waals surface area (Å²) >= 11 is 0. The van der Waals surface area contributed by atoms with Crippen molar-refractivity contribution in [3.8, 4) is 0 Å². The van der Waals surface area contributed by atoms with Gasteiger partial charge in [-0.15, -0.1) is 0 Å². The highest BCUT2D eigenvalue weighted by Crippen LogP contribution is 2.60. The topological polar surface area (TPSA) is 95.4 Å². The fourth-order valence-corrected chi connectivity index (χ4v) is 4.89. The van der Waals surface area contributed by atoms with Gasteiger partial charge in [-0.2, -0.15) is 0 Å². The van der Waals surface area contributed by atoms with Crippen LogP contribution in [0.15, 0.2) is 0 Å². The first-order valence-electron chi connectivity index (χ1n) is 6.74. The summed E-state index contributed by atoms with van der Waals surface area (Å²) in [6, 6.07) is 0. The zero-order valence-electron chi connectivity index (χ0n) is 10.4. The van der Waals surface area contributed by atoms with Crippen molar-refractivity contribution < 1.29 is 14.3 Å². The number of ether oxygens (including phenoxy) is 1. The fourth-order valence-electron chi connectivity index (χ4n) is 4.89. The van der Waals surface area contributed by atoms with Crippen LogP contribution >= 0.6 is 0 Å². The average Bonchev–Trinajstić information content (AvgIpc) is 2.25. The van der Waals surface area contributed by atoms with Crippen molar-refractivity contribution >= 4 is 11.9 Å². The second-order valence-electron chi connectivity index (χ2n) is 6.42. The van der Waals surface area contributed by atoms with Gasteiger partial charge in [0.2, 0.25) is 6.23 Å². The molecule has 0 aliphatic heterocycles. The molecule has 4 fully saturated rings. The van der Waals surface area contributed by atoms with Gasteiger partial charge >= 0.3 is 6.09 Å². The second-order valence-corrected chi connectivity index (χ2v) is 6.42. The molecule has 0 heterocycles. The van der Waals surface area contributed by atoms with E-state index in [2.05, 4.69) is 4.74 Å². The van der Waals surface area contributed by atoms with Crippen LogP contribution in [-0.4, -0.2) is 18.1 Å². The third-order valence-corrected chi connectivity index (χ3v) is 5.06. The number of hydrogen-bond acceptors (Lipinski definition) is 4. The Labute approximate surface area is 106 Å². The van der Waals surface area contributed by atoms with Gasteiger partial charge in [-0.25, -0.2) is 4.79 Å². The predicted molar refractivity (Wildman–Crippen MR) is 64.3 cm³/mol. The van der Waals surface area contributed by atoms with Gasteiger partial charge in [0.25, 0.3) is 0 Å². The minimum Gasteiger partial charge on any atom is -0.423 e. The Morgan fingerprint density at radius 3 is 1.89 bits per heavy atom. The highest BCUT2D eigenvalue weighted by molar-refractivity contribution is 5.90. The zero-order chi connectivity index (χ0) is 12.9. The number of Topliss-reactive ketones (excluding diaryl/α,β-unsaturated/α-hetero) is 1. The molecule has 18 heavy (non-hydrogen) atoms. The molecule has 0 aromatic heterocycles. The maximum absolute atomic E-state index is 12.5. The molecular weight excluding hydrogens is 232 g/mol. The van der Waals surface area contributed by atoms with E-state index in [1.165, 1.54) is 19.3 Å². The van der Waals surface area contributed by atoms with Crippen LogP contribution in [0, 0.1) is 23.2 Å². The normalized spacial score (nSPS) is 42.6. The lowest BCUT2D eigenvalue weighted by Crippen LogP contribution is -2.55. The molecule has 5 nitrogen and oxygen atoms in total. The lowest BCUT2D eigenvalue weighted by Gasteiger charge is -2.56. The molecule has 4 aliphatic rings. The van der Waals surface area contributed by atoms with Crippen LogP contribution in [0.2, 0.25) is 0 Å². The van der Waals surface area contributed by atoms with E-state index >= 15 is 0 Å². The van der Waals surface area contributed by atoms with Crippen LogP contribution < -0.4 is 11.5 Å². The SMILES string of the molecule is NC(=O)OC(N)C(=O)C12CC3CC(CC(C3)C1)C2. The Hall–Kier alpha value is -1.10. The van der Waals surface area contributed by atoms with Crippen LogP contribution in [0.1, 0.15) is 38.5 Å². The van der Waals surface area contributed by atoms with Gasteiger partial charge in [-0.3, -0.25) is 10.5 Å². The first kappa shape index (κ1) is 12.0. The first-order valence-corrected chi connectivity index (χ1v) is 6.74. The van der Waals surface area contributed by atoms with Crippen molar-refractivity contribution in [3.05, 3.63) is 0 Å². The Bertz CT molecular complexity index is 358. The maximum atomic E-state index is 12.5. The van der Waals surface area contributed by atoms with Crippen molar-refractivity contribution in [2.24, 2.45) is 34.6 Å². The highest BCUT2D eigenvalue weighted by atomic mass is 16.6. The van der Waals surface area contributed by atoms with Crippen molar-refractivity contribution in [3.63, 3.8) is 0 Å². The Morgan fingerprint density at radius 2 is 1.50 bits per heavy atom. The van der Waals surface area contributed by atoms with Gasteiger partial charge in [0.1, 0.15) is 0 Å². The Kier molecular flexibility index (Phi) is 2.62. The Balaban J connectivity index is 1.78. The number of carbonyl (C=O) groups excluding carboxylic acids is 2. The number of carbonyl (C=O) groups is 2. The predicted octanol–water partition coefficient (Wildman–Crippen LogP) is 1.15. The van der Waals surface area contributed by atoms with E-state index in [0.717, 1.165) is 19.3 Å². The molecule has 100 valence electrons. The monoisotopic (exact) mass is 252 g/mol. The van der Waals surface area contributed by atoms with Gasteiger partial charge in [-0.05, 0) is 56.3 Å². The van der Waals surface area contributed by atoms with Gasteiger partial charge in [0.05, 0.1) is 0 Å². The van der Waals surface area contributed by atoms with Gasteiger partial charge < -0.3 is 10.5 Å². The summed E-state index contributed by atoms with van der Waals surface area (Å²) in [6.07, 6.45) is 4.41. The van der Waals surface area contributed by atoms with Crippen molar-refractivity contribution in [1.29, 1.82) is 0 Å². The quantitative estimate of drug-likeness (QED) is 0.736. The smallest absolute Gasteiger partial charge is 0.406 e. The largest absolute Gasteiger partial charge is 0.423 e. The van der Waals surface area contributed by atoms with Gasteiger partial charge in [0, 0.05) is 5.41 Å². The summed E-state index contributed by atoms with van der Waals surface area (Å²) in [5.41, 5.74) is 10.3. The van der Waals surface area contributed by atoms with Crippen LogP contribution in [0.25, 0.3) is 0 Å². The van der Waals surface area contributed by atoms with Crippen LogP contribution in [0.4, 0.5) is 4.79 Å².